The highest BCUT2D eigenvalue weighted by molar-refractivity contribution is 5.94. The van der Waals surface area contributed by atoms with Gasteiger partial charge in [-0.2, -0.15) is 0 Å². The Hall–Kier alpha value is -2.04. The summed E-state index contributed by atoms with van der Waals surface area (Å²) in [5.74, 6) is -0.127. The molecule has 1 aromatic carbocycles. The summed E-state index contributed by atoms with van der Waals surface area (Å²) in [6, 6.07) is 6.90. The predicted molar refractivity (Wildman–Crippen MR) is 63.9 cm³/mol. The Labute approximate surface area is 99.8 Å². The Bertz CT molecular complexity index is 399. The van der Waals surface area contributed by atoms with Gasteiger partial charge in [-0.15, -0.1) is 0 Å². The molecule has 0 aliphatic heterocycles. The van der Waals surface area contributed by atoms with E-state index in [1.165, 1.54) is 0 Å². The zero-order valence-electron chi connectivity index (χ0n) is 9.86. The van der Waals surface area contributed by atoms with Crippen molar-refractivity contribution in [2.24, 2.45) is 0 Å². The molecule has 0 aromatic heterocycles. The van der Waals surface area contributed by atoms with E-state index >= 15 is 0 Å². The first-order valence-electron chi connectivity index (χ1n) is 5.35. The van der Waals surface area contributed by atoms with E-state index in [1.54, 1.807) is 24.3 Å². The molecular formula is C12H16N2O3. The van der Waals surface area contributed by atoms with Gasteiger partial charge < -0.3 is 15.7 Å². The SMILES string of the molecule is CC(C)NC(=O)c1ccc(CNC(=O)O)cc1. The van der Waals surface area contributed by atoms with Crippen LogP contribution < -0.4 is 10.6 Å². The number of hydrogen-bond acceptors (Lipinski definition) is 2. The highest BCUT2D eigenvalue weighted by atomic mass is 16.4. The van der Waals surface area contributed by atoms with Crippen molar-refractivity contribution in [2.75, 3.05) is 0 Å². The first-order valence-corrected chi connectivity index (χ1v) is 5.35. The van der Waals surface area contributed by atoms with Gasteiger partial charge >= 0.3 is 6.09 Å². The molecule has 1 rings (SSSR count). The molecule has 5 nitrogen and oxygen atoms in total. The van der Waals surface area contributed by atoms with Crippen molar-refractivity contribution in [3.8, 4) is 0 Å². The topological polar surface area (TPSA) is 78.4 Å². The van der Waals surface area contributed by atoms with Gasteiger partial charge in [0, 0.05) is 18.2 Å². The average molecular weight is 236 g/mol. The summed E-state index contributed by atoms with van der Waals surface area (Å²) in [5.41, 5.74) is 1.38. The third-order valence-electron chi connectivity index (χ3n) is 2.08. The monoisotopic (exact) mass is 236 g/mol. The summed E-state index contributed by atoms with van der Waals surface area (Å²) >= 11 is 0. The third kappa shape index (κ3) is 4.55. The van der Waals surface area contributed by atoms with Crippen LogP contribution in [-0.2, 0) is 6.54 Å². The Balaban J connectivity index is 2.61. The van der Waals surface area contributed by atoms with E-state index in [-0.39, 0.29) is 18.5 Å². The van der Waals surface area contributed by atoms with Crippen LogP contribution in [0.5, 0.6) is 0 Å². The number of amides is 2. The molecule has 0 saturated carbocycles. The number of carbonyl (C=O) groups excluding carboxylic acids is 1. The Morgan fingerprint density at radius 3 is 2.29 bits per heavy atom. The van der Waals surface area contributed by atoms with Crippen LogP contribution in [0.25, 0.3) is 0 Å². The van der Waals surface area contributed by atoms with Crippen molar-refractivity contribution in [1.82, 2.24) is 10.6 Å². The van der Waals surface area contributed by atoms with Gasteiger partial charge in [-0.25, -0.2) is 4.79 Å². The summed E-state index contributed by atoms with van der Waals surface area (Å²) < 4.78 is 0. The van der Waals surface area contributed by atoms with E-state index in [4.69, 9.17) is 5.11 Å². The summed E-state index contributed by atoms with van der Waals surface area (Å²) in [5, 5.41) is 13.5. The molecule has 0 fully saturated rings. The number of carbonyl (C=O) groups is 2. The first-order chi connectivity index (χ1) is 7.99. The molecule has 5 heteroatoms. The number of carboxylic acid groups (broad SMARTS) is 1. The fourth-order valence-electron chi connectivity index (χ4n) is 1.30. The largest absolute Gasteiger partial charge is 0.465 e. The van der Waals surface area contributed by atoms with E-state index in [0.717, 1.165) is 5.56 Å². The fourth-order valence-corrected chi connectivity index (χ4v) is 1.30. The summed E-state index contributed by atoms with van der Waals surface area (Å²) in [4.78, 5) is 21.9. The lowest BCUT2D eigenvalue weighted by molar-refractivity contribution is 0.0943. The second-order valence-corrected chi connectivity index (χ2v) is 3.98. The van der Waals surface area contributed by atoms with Crippen molar-refractivity contribution in [3.63, 3.8) is 0 Å². The second kappa shape index (κ2) is 5.89. The maximum atomic E-state index is 11.6. The summed E-state index contributed by atoms with van der Waals surface area (Å²) in [6.45, 7) is 4.02. The molecule has 3 N–H and O–H groups in total. The van der Waals surface area contributed by atoms with Gasteiger partial charge in [-0.3, -0.25) is 4.79 Å². The van der Waals surface area contributed by atoms with Crippen LogP contribution in [0.1, 0.15) is 29.8 Å². The molecule has 0 radical (unpaired) electrons. The van der Waals surface area contributed by atoms with Gasteiger partial charge in [0.2, 0.25) is 0 Å². The van der Waals surface area contributed by atoms with Crippen molar-refractivity contribution in [1.29, 1.82) is 0 Å². The lowest BCUT2D eigenvalue weighted by Crippen LogP contribution is -2.30. The lowest BCUT2D eigenvalue weighted by atomic mass is 10.1. The predicted octanol–water partition coefficient (Wildman–Crippen LogP) is 1.59. The standard InChI is InChI=1S/C12H16N2O3/c1-8(2)14-11(15)10-5-3-9(4-6-10)7-13-12(16)17/h3-6,8,13H,7H2,1-2H3,(H,14,15)(H,16,17). The molecule has 1 aromatic rings. The van der Waals surface area contributed by atoms with Gasteiger partial charge in [-0.05, 0) is 31.5 Å². The Morgan fingerprint density at radius 1 is 1.24 bits per heavy atom. The maximum Gasteiger partial charge on any atom is 0.404 e. The van der Waals surface area contributed by atoms with Crippen LogP contribution in [0.2, 0.25) is 0 Å². The molecule has 0 unspecified atom stereocenters. The van der Waals surface area contributed by atoms with Gasteiger partial charge in [0.25, 0.3) is 5.91 Å². The van der Waals surface area contributed by atoms with Crippen molar-refractivity contribution in [3.05, 3.63) is 35.4 Å². The van der Waals surface area contributed by atoms with E-state index in [2.05, 4.69) is 10.6 Å². The fraction of sp³-hybridized carbons (Fsp3) is 0.333. The van der Waals surface area contributed by atoms with Crippen LogP contribution >= 0.6 is 0 Å². The normalized spacial score (nSPS) is 10.1. The summed E-state index contributed by atoms with van der Waals surface area (Å²) in [7, 11) is 0. The molecular weight excluding hydrogens is 220 g/mol. The second-order valence-electron chi connectivity index (χ2n) is 3.98. The number of nitrogens with one attached hydrogen (secondary N) is 2. The van der Waals surface area contributed by atoms with Gasteiger partial charge in [0.05, 0.1) is 0 Å². The minimum Gasteiger partial charge on any atom is -0.465 e. The highest BCUT2D eigenvalue weighted by Gasteiger charge is 2.06. The van der Waals surface area contributed by atoms with Crippen LogP contribution in [0.15, 0.2) is 24.3 Å². The Morgan fingerprint density at radius 2 is 1.82 bits per heavy atom. The van der Waals surface area contributed by atoms with Crippen LogP contribution in [0.4, 0.5) is 4.79 Å². The lowest BCUT2D eigenvalue weighted by Gasteiger charge is -2.08. The van der Waals surface area contributed by atoms with Gasteiger partial charge in [-0.1, -0.05) is 12.1 Å². The number of hydrogen-bond donors (Lipinski definition) is 3. The van der Waals surface area contributed by atoms with Crippen molar-refractivity contribution < 1.29 is 14.7 Å². The Kier molecular flexibility index (Phi) is 4.51. The van der Waals surface area contributed by atoms with Gasteiger partial charge in [0.1, 0.15) is 0 Å². The smallest absolute Gasteiger partial charge is 0.404 e. The zero-order chi connectivity index (χ0) is 12.8. The number of rotatable bonds is 4. The minimum atomic E-state index is -1.06. The van der Waals surface area contributed by atoms with Gasteiger partial charge in [0.15, 0.2) is 0 Å². The molecule has 0 spiro atoms. The molecule has 0 aliphatic rings. The van der Waals surface area contributed by atoms with Crippen molar-refractivity contribution in [2.45, 2.75) is 26.4 Å². The van der Waals surface area contributed by atoms with Crippen molar-refractivity contribution >= 4 is 12.0 Å². The molecule has 0 heterocycles. The molecule has 0 bridgehead atoms. The zero-order valence-corrected chi connectivity index (χ0v) is 9.86. The summed E-state index contributed by atoms with van der Waals surface area (Å²) in [6.07, 6.45) is -1.06. The molecule has 2 amide bonds. The van der Waals surface area contributed by atoms with E-state index in [9.17, 15) is 9.59 Å². The first kappa shape index (κ1) is 13.0. The van der Waals surface area contributed by atoms with Crippen LogP contribution in [0.3, 0.4) is 0 Å². The molecule has 17 heavy (non-hydrogen) atoms. The molecule has 0 atom stereocenters. The highest BCUT2D eigenvalue weighted by Crippen LogP contribution is 2.04. The molecule has 0 aliphatic carbocycles. The minimum absolute atomic E-state index is 0.0934. The average Bonchev–Trinajstić information content (AvgIpc) is 2.26. The maximum absolute atomic E-state index is 11.6. The van der Waals surface area contributed by atoms with E-state index in [0.29, 0.717) is 5.56 Å². The van der Waals surface area contributed by atoms with E-state index in [1.807, 2.05) is 13.8 Å². The van der Waals surface area contributed by atoms with Crippen LogP contribution in [0, 0.1) is 0 Å². The van der Waals surface area contributed by atoms with Crippen LogP contribution in [-0.4, -0.2) is 23.1 Å². The number of benzene rings is 1. The van der Waals surface area contributed by atoms with E-state index < -0.39 is 6.09 Å². The quantitative estimate of drug-likeness (QED) is 0.742. The molecule has 0 saturated heterocycles. The molecule has 92 valence electrons. The third-order valence-corrected chi connectivity index (χ3v) is 2.08.